The van der Waals surface area contributed by atoms with Crippen molar-refractivity contribution in [2.24, 2.45) is 7.05 Å². The molecule has 0 saturated heterocycles. The summed E-state index contributed by atoms with van der Waals surface area (Å²) in [4.78, 5) is 0. The molecule has 0 saturated carbocycles. The lowest BCUT2D eigenvalue weighted by Gasteiger charge is -2.15. The molecule has 96 valence electrons. The molecule has 0 fully saturated rings. The molecule has 1 heterocycles. The Morgan fingerprint density at radius 3 is 2.72 bits per heavy atom. The van der Waals surface area contributed by atoms with Crippen LogP contribution < -0.4 is 5.32 Å². The molecule has 2 aromatic rings. The molecule has 0 aliphatic carbocycles. The Morgan fingerprint density at radius 2 is 2.11 bits per heavy atom. The summed E-state index contributed by atoms with van der Waals surface area (Å²) in [6, 6.07) is 7.51. The topological polar surface area (TPSA) is 50.1 Å². The van der Waals surface area contributed by atoms with Crippen LogP contribution in [0.1, 0.15) is 29.8 Å². The zero-order valence-electron chi connectivity index (χ0n) is 11.0. The predicted octanol–water partition coefficient (Wildman–Crippen LogP) is 2.28. The number of hydrogen-bond acceptors (Lipinski definition) is 3. The van der Waals surface area contributed by atoms with Gasteiger partial charge in [0.2, 0.25) is 0 Å². The van der Waals surface area contributed by atoms with E-state index in [9.17, 15) is 5.11 Å². The van der Waals surface area contributed by atoms with E-state index in [0.29, 0.717) is 5.75 Å². The van der Waals surface area contributed by atoms with E-state index in [1.807, 2.05) is 43.0 Å². The van der Waals surface area contributed by atoms with Crippen molar-refractivity contribution in [3.63, 3.8) is 0 Å². The Hall–Kier alpha value is -1.81. The zero-order valence-corrected chi connectivity index (χ0v) is 11.0. The molecule has 0 amide bonds. The molecule has 1 unspecified atom stereocenters. The van der Waals surface area contributed by atoms with Crippen molar-refractivity contribution in [3.8, 4) is 5.75 Å². The molecule has 18 heavy (non-hydrogen) atoms. The van der Waals surface area contributed by atoms with E-state index in [1.54, 1.807) is 6.07 Å². The number of phenolic OH excluding ortho intramolecular Hbond substituents is 1. The Bertz CT molecular complexity index is 534. The van der Waals surface area contributed by atoms with E-state index in [1.165, 1.54) is 5.56 Å². The molecule has 1 atom stereocenters. The van der Waals surface area contributed by atoms with Crippen LogP contribution in [0.3, 0.4) is 0 Å². The van der Waals surface area contributed by atoms with Crippen LogP contribution in [0.2, 0.25) is 0 Å². The Morgan fingerprint density at radius 1 is 1.39 bits per heavy atom. The fourth-order valence-electron chi connectivity index (χ4n) is 1.94. The number of para-hydroxylation sites is 1. The van der Waals surface area contributed by atoms with Gasteiger partial charge in [-0.15, -0.1) is 0 Å². The fourth-order valence-corrected chi connectivity index (χ4v) is 1.94. The lowest BCUT2D eigenvalue weighted by molar-refractivity contribution is 0.452. The number of hydrogen-bond donors (Lipinski definition) is 2. The van der Waals surface area contributed by atoms with Gasteiger partial charge in [0.15, 0.2) is 0 Å². The molecular formula is C14H19N3O. The van der Waals surface area contributed by atoms with Gasteiger partial charge < -0.3 is 10.4 Å². The maximum Gasteiger partial charge on any atom is 0.120 e. The number of aryl methyl sites for hydroxylation is 1. The van der Waals surface area contributed by atoms with Crippen LogP contribution in [-0.2, 0) is 13.6 Å². The molecule has 4 heteroatoms. The van der Waals surface area contributed by atoms with Gasteiger partial charge in [0.05, 0.1) is 6.20 Å². The summed E-state index contributed by atoms with van der Waals surface area (Å²) in [7, 11) is 1.94. The summed E-state index contributed by atoms with van der Waals surface area (Å²) in [5, 5.41) is 17.4. The smallest absolute Gasteiger partial charge is 0.120 e. The van der Waals surface area contributed by atoms with Gasteiger partial charge in [0.25, 0.3) is 0 Å². The summed E-state index contributed by atoms with van der Waals surface area (Å²) in [6.07, 6.45) is 1.87. The fraction of sp³-hybridized carbons (Fsp3) is 0.357. The first-order valence-electron chi connectivity index (χ1n) is 6.08. The highest BCUT2D eigenvalue weighted by molar-refractivity contribution is 5.34. The minimum atomic E-state index is 0.103. The van der Waals surface area contributed by atoms with Crippen LogP contribution in [0, 0.1) is 6.92 Å². The summed E-state index contributed by atoms with van der Waals surface area (Å²) >= 11 is 0. The van der Waals surface area contributed by atoms with Gasteiger partial charge in [-0.05, 0) is 19.9 Å². The SMILES string of the molecule is Cc1c(CNC(C)c2ccccc2O)cnn1C. The van der Waals surface area contributed by atoms with E-state index < -0.39 is 0 Å². The number of nitrogens with zero attached hydrogens (tertiary/aromatic N) is 2. The number of phenols is 1. The number of aromatic hydroxyl groups is 1. The van der Waals surface area contributed by atoms with E-state index in [-0.39, 0.29) is 6.04 Å². The zero-order chi connectivity index (χ0) is 13.1. The van der Waals surface area contributed by atoms with Crippen molar-refractivity contribution in [3.05, 3.63) is 47.3 Å². The molecule has 0 aliphatic rings. The third-order valence-corrected chi connectivity index (χ3v) is 3.34. The lowest BCUT2D eigenvalue weighted by Crippen LogP contribution is -2.18. The Kier molecular flexibility index (Phi) is 3.67. The molecule has 0 bridgehead atoms. The van der Waals surface area contributed by atoms with Crippen molar-refractivity contribution >= 4 is 0 Å². The van der Waals surface area contributed by atoms with Crippen LogP contribution in [0.4, 0.5) is 0 Å². The molecular weight excluding hydrogens is 226 g/mol. The van der Waals surface area contributed by atoms with Crippen molar-refractivity contribution in [1.82, 2.24) is 15.1 Å². The van der Waals surface area contributed by atoms with E-state index >= 15 is 0 Å². The van der Waals surface area contributed by atoms with E-state index in [4.69, 9.17) is 0 Å². The normalized spacial score (nSPS) is 12.6. The highest BCUT2D eigenvalue weighted by Crippen LogP contribution is 2.23. The first kappa shape index (κ1) is 12.6. The number of rotatable bonds is 4. The van der Waals surface area contributed by atoms with Gasteiger partial charge in [-0.2, -0.15) is 5.10 Å². The van der Waals surface area contributed by atoms with Crippen LogP contribution in [0.25, 0.3) is 0 Å². The second-order valence-corrected chi connectivity index (χ2v) is 4.54. The molecule has 1 aromatic heterocycles. The first-order chi connectivity index (χ1) is 8.59. The maximum absolute atomic E-state index is 9.78. The van der Waals surface area contributed by atoms with Gasteiger partial charge in [-0.3, -0.25) is 4.68 Å². The minimum Gasteiger partial charge on any atom is -0.508 e. The monoisotopic (exact) mass is 245 g/mol. The molecule has 4 nitrogen and oxygen atoms in total. The Labute approximate surface area is 107 Å². The van der Waals surface area contributed by atoms with Gasteiger partial charge in [-0.1, -0.05) is 18.2 Å². The minimum absolute atomic E-state index is 0.103. The van der Waals surface area contributed by atoms with Crippen LogP contribution in [-0.4, -0.2) is 14.9 Å². The molecule has 0 spiro atoms. The second-order valence-electron chi connectivity index (χ2n) is 4.54. The van der Waals surface area contributed by atoms with E-state index in [0.717, 1.165) is 17.8 Å². The predicted molar refractivity (Wildman–Crippen MR) is 71.3 cm³/mol. The average molecular weight is 245 g/mol. The summed E-state index contributed by atoms with van der Waals surface area (Å²) in [6.45, 7) is 4.84. The van der Waals surface area contributed by atoms with Crippen molar-refractivity contribution in [2.75, 3.05) is 0 Å². The molecule has 1 aromatic carbocycles. The number of benzene rings is 1. The van der Waals surface area contributed by atoms with Crippen molar-refractivity contribution < 1.29 is 5.11 Å². The highest BCUT2D eigenvalue weighted by atomic mass is 16.3. The molecule has 2 rings (SSSR count). The van der Waals surface area contributed by atoms with Gasteiger partial charge >= 0.3 is 0 Å². The highest BCUT2D eigenvalue weighted by Gasteiger charge is 2.10. The molecule has 0 aliphatic heterocycles. The largest absolute Gasteiger partial charge is 0.508 e. The quantitative estimate of drug-likeness (QED) is 0.869. The number of aromatic nitrogens is 2. The Balaban J connectivity index is 2.03. The van der Waals surface area contributed by atoms with E-state index in [2.05, 4.69) is 17.3 Å². The summed E-state index contributed by atoms with van der Waals surface area (Å²) in [5.74, 6) is 0.334. The second kappa shape index (κ2) is 5.23. The summed E-state index contributed by atoms with van der Waals surface area (Å²) in [5.41, 5.74) is 3.26. The van der Waals surface area contributed by atoms with Gasteiger partial charge in [0.1, 0.15) is 5.75 Å². The van der Waals surface area contributed by atoms with Gasteiger partial charge in [0, 0.05) is 36.5 Å². The molecule has 0 radical (unpaired) electrons. The van der Waals surface area contributed by atoms with Crippen molar-refractivity contribution in [2.45, 2.75) is 26.4 Å². The third-order valence-electron chi connectivity index (χ3n) is 3.34. The van der Waals surface area contributed by atoms with Gasteiger partial charge in [-0.25, -0.2) is 0 Å². The first-order valence-corrected chi connectivity index (χ1v) is 6.08. The van der Waals surface area contributed by atoms with Crippen molar-refractivity contribution in [1.29, 1.82) is 0 Å². The third kappa shape index (κ3) is 2.54. The lowest BCUT2D eigenvalue weighted by atomic mass is 10.1. The van der Waals surface area contributed by atoms with Crippen LogP contribution >= 0.6 is 0 Å². The number of nitrogens with one attached hydrogen (secondary N) is 1. The maximum atomic E-state index is 9.78. The van der Waals surface area contributed by atoms with Crippen LogP contribution in [0.15, 0.2) is 30.5 Å². The molecule has 2 N–H and O–H groups in total. The standard InChI is InChI=1S/C14H19N3O/c1-10(13-6-4-5-7-14(13)18)15-8-12-9-16-17(3)11(12)2/h4-7,9-10,15,18H,8H2,1-3H3. The average Bonchev–Trinajstić information content (AvgIpc) is 2.68. The summed E-state index contributed by atoms with van der Waals surface area (Å²) < 4.78 is 1.86. The van der Waals surface area contributed by atoms with Crippen LogP contribution in [0.5, 0.6) is 5.75 Å².